The summed E-state index contributed by atoms with van der Waals surface area (Å²) in [5.74, 6) is 0.772. The number of hydrogen-bond acceptors (Lipinski definition) is 2. The van der Waals surface area contributed by atoms with Gasteiger partial charge in [0.25, 0.3) is 0 Å². The van der Waals surface area contributed by atoms with Crippen LogP contribution in [0.4, 0.5) is 0 Å². The van der Waals surface area contributed by atoms with E-state index < -0.39 is 0 Å². The van der Waals surface area contributed by atoms with E-state index in [1.165, 1.54) is 5.56 Å². The van der Waals surface area contributed by atoms with Crippen molar-refractivity contribution < 1.29 is 4.74 Å². The number of thiocarbonyl (C=S) groups is 1. The van der Waals surface area contributed by atoms with Crippen LogP contribution in [0.3, 0.4) is 0 Å². The van der Waals surface area contributed by atoms with Gasteiger partial charge in [0.1, 0.15) is 12.4 Å². The van der Waals surface area contributed by atoms with Crippen LogP contribution in [-0.2, 0) is 6.42 Å². The van der Waals surface area contributed by atoms with Crippen molar-refractivity contribution in [2.45, 2.75) is 6.42 Å². The molecule has 5 heteroatoms. The molecule has 1 N–H and O–H groups in total. The zero-order chi connectivity index (χ0) is 16.5. The lowest BCUT2D eigenvalue weighted by molar-refractivity contribution is 0.283. The summed E-state index contributed by atoms with van der Waals surface area (Å²) in [6.45, 7) is 2.09. The fraction of sp³-hybridized carbons (Fsp3) is 0.278. The molecule has 0 radical (unpaired) electrons. The van der Waals surface area contributed by atoms with Crippen LogP contribution in [0.5, 0.6) is 5.75 Å². The zero-order valence-electron chi connectivity index (χ0n) is 13.2. The predicted octanol–water partition coefficient (Wildman–Crippen LogP) is 3.77. The van der Waals surface area contributed by atoms with Gasteiger partial charge < -0.3 is 15.0 Å². The van der Waals surface area contributed by atoms with Gasteiger partial charge in [-0.1, -0.05) is 48.0 Å². The molecule has 0 amide bonds. The molecule has 2 rings (SSSR count). The quantitative estimate of drug-likeness (QED) is 0.770. The fourth-order valence-electron chi connectivity index (χ4n) is 2.05. The smallest absolute Gasteiger partial charge is 0.168 e. The van der Waals surface area contributed by atoms with Crippen molar-refractivity contribution in [3.8, 4) is 5.75 Å². The molecule has 0 aromatic heterocycles. The molecule has 2 aromatic rings. The highest BCUT2D eigenvalue weighted by molar-refractivity contribution is 7.80. The Morgan fingerprint density at radius 3 is 2.70 bits per heavy atom. The normalized spacial score (nSPS) is 10.2. The van der Waals surface area contributed by atoms with Crippen molar-refractivity contribution in [2.75, 3.05) is 26.7 Å². The second-order valence-electron chi connectivity index (χ2n) is 5.19. The molecule has 0 aliphatic carbocycles. The van der Waals surface area contributed by atoms with Gasteiger partial charge in [0, 0.05) is 18.6 Å². The van der Waals surface area contributed by atoms with Gasteiger partial charge in [-0.05, 0) is 42.4 Å². The first-order valence-electron chi connectivity index (χ1n) is 7.56. The molecule has 0 aliphatic rings. The fourth-order valence-corrected chi connectivity index (χ4v) is 2.43. The Morgan fingerprint density at radius 1 is 1.17 bits per heavy atom. The number of nitrogens with one attached hydrogen (secondary N) is 1. The van der Waals surface area contributed by atoms with Gasteiger partial charge in [-0.2, -0.15) is 0 Å². The Bertz CT molecular complexity index is 621. The van der Waals surface area contributed by atoms with Crippen LogP contribution in [0.2, 0.25) is 5.02 Å². The monoisotopic (exact) mass is 348 g/mol. The summed E-state index contributed by atoms with van der Waals surface area (Å²) in [6, 6.07) is 17.7. The van der Waals surface area contributed by atoms with E-state index >= 15 is 0 Å². The maximum atomic E-state index is 5.92. The summed E-state index contributed by atoms with van der Waals surface area (Å²) in [5, 5.41) is 4.68. The van der Waals surface area contributed by atoms with Crippen LogP contribution in [0, 0.1) is 0 Å². The summed E-state index contributed by atoms with van der Waals surface area (Å²) < 4.78 is 5.67. The van der Waals surface area contributed by atoms with Gasteiger partial charge in [-0.25, -0.2) is 0 Å². The van der Waals surface area contributed by atoms with Gasteiger partial charge >= 0.3 is 0 Å². The minimum absolute atomic E-state index is 0.553. The molecule has 0 heterocycles. The number of hydrogen-bond donors (Lipinski definition) is 1. The van der Waals surface area contributed by atoms with Crippen LogP contribution in [0.25, 0.3) is 0 Å². The van der Waals surface area contributed by atoms with Crippen LogP contribution in [0.15, 0.2) is 54.6 Å². The van der Waals surface area contributed by atoms with E-state index in [-0.39, 0.29) is 0 Å². The SMILES string of the molecule is CN(CCOc1cccc(Cl)c1)C(=S)NCCc1ccccc1. The summed E-state index contributed by atoms with van der Waals surface area (Å²) >= 11 is 11.3. The third-order valence-electron chi connectivity index (χ3n) is 3.37. The number of nitrogens with zero attached hydrogens (tertiary/aromatic N) is 1. The highest BCUT2D eigenvalue weighted by atomic mass is 35.5. The highest BCUT2D eigenvalue weighted by Crippen LogP contribution is 2.16. The molecule has 0 bridgehead atoms. The molecular weight excluding hydrogens is 328 g/mol. The van der Waals surface area contributed by atoms with E-state index in [9.17, 15) is 0 Å². The Hall–Kier alpha value is -1.78. The number of halogens is 1. The standard InChI is InChI=1S/C18H21ClN2OS/c1-21(12-13-22-17-9-5-8-16(19)14-17)18(23)20-11-10-15-6-3-2-4-7-15/h2-9,14H,10-13H2,1H3,(H,20,23). The van der Waals surface area contributed by atoms with Crippen molar-refractivity contribution in [3.05, 3.63) is 65.2 Å². The number of rotatable bonds is 7. The molecule has 0 atom stereocenters. The third kappa shape index (κ3) is 6.47. The maximum absolute atomic E-state index is 5.92. The number of benzene rings is 2. The average Bonchev–Trinajstić information content (AvgIpc) is 2.55. The van der Waals surface area contributed by atoms with Crippen molar-refractivity contribution in [1.82, 2.24) is 10.2 Å². The van der Waals surface area contributed by atoms with Gasteiger partial charge in [-0.3, -0.25) is 0 Å². The largest absolute Gasteiger partial charge is 0.492 e. The predicted molar refractivity (Wildman–Crippen MR) is 100 cm³/mol. The molecule has 0 saturated carbocycles. The lowest BCUT2D eigenvalue weighted by atomic mass is 10.1. The summed E-state index contributed by atoms with van der Waals surface area (Å²) in [7, 11) is 1.96. The van der Waals surface area contributed by atoms with E-state index in [4.69, 9.17) is 28.6 Å². The Morgan fingerprint density at radius 2 is 1.96 bits per heavy atom. The summed E-state index contributed by atoms with van der Waals surface area (Å²) in [5.41, 5.74) is 1.30. The first-order chi connectivity index (χ1) is 11.1. The Kier molecular flexibility index (Phi) is 7.17. The van der Waals surface area contributed by atoms with Crippen LogP contribution < -0.4 is 10.1 Å². The van der Waals surface area contributed by atoms with Gasteiger partial charge in [-0.15, -0.1) is 0 Å². The van der Waals surface area contributed by atoms with Gasteiger partial charge in [0.15, 0.2) is 5.11 Å². The van der Waals surface area contributed by atoms with E-state index in [2.05, 4.69) is 17.4 Å². The topological polar surface area (TPSA) is 24.5 Å². The minimum Gasteiger partial charge on any atom is -0.492 e. The van der Waals surface area contributed by atoms with E-state index in [0.717, 1.165) is 23.8 Å². The third-order valence-corrected chi connectivity index (χ3v) is 4.06. The van der Waals surface area contributed by atoms with Crippen LogP contribution in [0.1, 0.15) is 5.56 Å². The highest BCUT2D eigenvalue weighted by Gasteiger charge is 2.04. The summed E-state index contributed by atoms with van der Waals surface area (Å²) in [6.07, 6.45) is 0.952. The molecule has 122 valence electrons. The van der Waals surface area contributed by atoms with Crippen LogP contribution in [-0.4, -0.2) is 36.8 Å². The zero-order valence-corrected chi connectivity index (χ0v) is 14.7. The molecule has 0 fully saturated rings. The molecule has 2 aromatic carbocycles. The van der Waals surface area contributed by atoms with Crippen molar-refractivity contribution >= 4 is 28.9 Å². The number of likely N-dealkylation sites (N-methyl/N-ethyl adjacent to an activating group) is 1. The second kappa shape index (κ2) is 9.38. The Labute approximate surface area is 148 Å². The van der Waals surface area contributed by atoms with Crippen molar-refractivity contribution in [2.24, 2.45) is 0 Å². The lowest BCUT2D eigenvalue weighted by Gasteiger charge is -2.21. The first kappa shape index (κ1) is 17.6. The van der Waals surface area contributed by atoms with Gasteiger partial charge in [0.2, 0.25) is 0 Å². The molecule has 0 aliphatic heterocycles. The molecule has 0 spiro atoms. The number of ether oxygens (including phenoxy) is 1. The second-order valence-corrected chi connectivity index (χ2v) is 6.02. The lowest BCUT2D eigenvalue weighted by Crippen LogP contribution is -2.39. The van der Waals surface area contributed by atoms with E-state index in [1.54, 1.807) is 6.07 Å². The van der Waals surface area contributed by atoms with Crippen LogP contribution >= 0.6 is 23.8 Å². The van der Waals surface area contributed by atoms with Crippen molar-refractivity contribution in [3.63, 3.8) is 0 Å². The van der Waals surface area contributed by atoms with Crippen molar-refractivity contribution in [1.29, 1.82) is 0 Å². The molecule has 3 nitrogen and oxygen atoms in total. The first-order valence-corrected chi connectivity index (χ1v) is 8.35. The van der Waals surface area contributed by atoms with E-state index in [1.807, 2.05) is 48.3 Å². The Balaban J connectivity index is 1.64. The average molecular weight is 349 g/mol. The van der Waals surface area contributed by atoms with Gasteiger partial charge in [0.05, 0.1) is 6.54 Å². The minimum atomic E-state index is 0.553. The maximum Gasteiger partial charge on any atom is 0.168 e. The molecule has 0 saturated heterocycles. The molecular formula is C18H21ClN2OS. The van der Waals surface area contributed by atoms with E-state index in [0.29, 0.717) is 18.2 Å². The summed E-state index contributed by atoms with van der Waals surface area (Å²) in [4.78, 5) is 1.98. The molecule has 23 heavy (non-hydrogen) atoms. The molecule has 0 unspecified atom stereocenters.